The molecule has 6 nitrogen and oxygen atoms in total. The third-order valence-corrected chi connectivity index (χ3v) is 3.86. The van der Waals surface area contributed by atoms with Crippen molar-refractivity contribution in [2.24, 2.45) is 0 Å². The molecular formula is C13H14N2O4S. The van der Waals surface area contributed by atoms with Crippen LogP contribution in [0.15, 0.2) is 22.7 Å². The van der Waals surface area contributed by atoms with Crippen molar-refractivity contribution in [2.45, 2.75) is 26.3 Å². The van der Waals surface area contributed by atoms with Crippen molar-refractivity contribution in [3.8, 4) is 0 Å². The number of nitrogens with one attached hydrogen (secondary N) is 1. The van der Waals surface area contributed by atoms with E-state index in [1.54, 1.807) is 6.20 Å². The maximum Gasteiger partial charge on any atom is 0.371 e. The highest BCUT2D eigenvalue weighted by Crippen LogP contribution is 2.25. The molecule has 0 spiro atoms. The molecule has 2 N–H and O–H groups in total. The Balaban J connectivity index is 2.15. The van der Waals surface area contributed by atoms with Gasteiger partial charge >= 0.3 is 5.97 Å². The smallest absolute Gasteiger partial charge is 0.371 e. The Morgan fingerprint density at radius 1 is 1.35 bits per heavy atom. The number of amides is 1. The second-order valence-corrected chi connectivity index (χ2v) is 6.06. The van der Waals surface area contributed by atoms with Gasteiger partial charge in [-0.3, -0.25) is 4.79 Å². The van der Waals surface area contributed by atoms with Gasteiger partial charge in [-0.25, -0.2) is 9.78 Å². The van der Waals surface area contributed by atoms with E-state index in [-0.39, 0.29) is 11.5 Å². The first-order valence-corrected chi connectivity index (χ1v) is 6.70. The third kappa shape index (κ3) is 2.88. The van der Waals surface area contributed by atoms with Gasteiger partial charge in [0.1, 0.15) is 5.01 Å². The molecule has 20 heavy (non-hydrogen) atoms. The lowest BCUT2D eigenvalue weighted by Crippen LogP contribution is -2.40. The number of hydrogen-bond acceptors (Lipinski definition) is 5. The Morgan fingerprint density at radius 3 is 2.50 bits per heavy atom. The van der Waals surface area contributed by atoms with E-state index in [1.807, 2.05) is 20.8 Å². The van der Waals surface area contributed by atoms with Gasteiger partial charge in [-0.05, 0) is 32.9 Å². The minimum Gasteiger partial charge on any atom is -0.475 e. The van der Waals surface area contributed by atoms with Crippen molar-refractivity contribution in [3.63, 3.8) is 0 Å². The number of nitrogens with zero attached hydrogens (tertiary/aromatic N) is 1. The molecule has 2 rings (SSSR count). The number of furan rings is 1. The lowest BCUT2D eigenvalue weighted by atomic mass is 10.1. The maximum atomic E-state index is 12.1. The average molecular weight is 294 g/mol. The van der Waals surface area contributed by atoms with Crippen LogP contribution in [0.1, 0.15) is 44.8 Å². The van der Waals surface area contributed by atoms with Crippen LogP contribution in [0.3, 0.4) is 0 Å². The molecule has 0 radical (unpaired) electrons. The quantitative estimate of drug-likeness (QED) is 0.903. The fourth-order valence-corrected chi connectivity index (χ4v) is 2.44. The van der Waals surface area contributed by atoms with E-state index in [0.29, 0.717) is 0 Å². The predicted molar refractivity (Wildman–Crippen MR) is 73.0 cm³/mol. The van der Waals surface area contributed by atoms with Gasteiger partial charge in [0, 0.05) is 11.1 Å². The van der Waals surface area contributed by atoms with Crippen LogP contribution in [0.2, 0.25) is 0 Å². The first kappa shape index (κ1) is 14.3. The summed E-state index contributed by atoms with van der Waals surface area (Å²) in [7, 11) is 0. The summed E-state index contributed by atoms with van der Waals surface area (Å²) in [6.07, 6.45) is 1.74. The first-order valence-electron chi connectivity index (χ1n) is 5.88. The Kier molecular flexibility index (Phi) is 3.63. The predicted octanol–water partition coefficient (Wildman–Crippen LogP) is 2.41. The van der Waals surface area contributed by atoms with Crippen molar-refractivity contribution < 1.29 is 19.1 Å². The van der Waals surface area contributed by atoms with Crippen LogP contribution in [0.5, 0.6) is 0 Å². The number of thiazole rings is 1. The van der Waals surface area contributed by atoms with Crippen LogP contribution in [0, 0.1) is 6.92 Å². The van der Waals surface area contributed by atoms with E-state index in [2.05, 4.69) is 10.3 Å². The van der Waals surface area contributed by atoms with E-state index >= 15 is 0 Å². The number of aryl methyl sites for hydroxylation is 1. The topological polar surface area (TPSA) is 92.4 Å². The standard InChI is InChI=1S/C13H14N2O4S/c1-7-6-14-12(20-7)13(2,3)15-10(16)8-4-5-9(19-8)11(17)18/h4-6H,1-3H3,(H,15,16)(H,17,18). The van der Waals surface area contributed by atoms with Crippen LogP contribution in [-0.4, -0.2) is 22.0 Å². The number of carboxylic acids is 1. The summed E-state index contributed by atoms with van der Waals surface area (Å²) in [4.78, 5) is 28.1. The largest absolute Gasteiger partial charge is 0.475 e. The van der Waals surface area contributed by atoms with Crippen molar-refractivity contribution in [2.75, 3.05) is 0 Å². The maximum absolute atomic E-state index is 12.1. The van der Waals surface area contributed by atoms with E-state index in [1.165, 1.54) is 23.5 Å². The first-order chi connectivity index (χ1) is 9.29. The highest BCUT2D eigenvalue weighted by atomic mass is 32.1. The highest BCUT2D eigenvalue weighted by Gasteiger charge is 2.28. The number of carbonyl (C=O) groups is 2. The lowest BCUT2D eigenvalue weighted by molar-refractivity contribution is 0.0659. The molecule has 1 amide bonds. The summed E-state index contributed by atoms with van der Waals surface area (Å²) >= 11 is 1.49. The number of aromatic carboxylic acids is 1. The Bertz CT molecular complexity index is 657. The zero-order chi connectivity index (χ0) is 14.9. The number of hydrogen-bond donors (Lipinski definition) is 2. The van der Waals surface area contributed by atoms with Crippen molar-refractivity contribution in [1.29, 1.82) is 0 Å². The second-order valence-electron chi connectivity index (χ2n) is 4.82. The summed E-state index contributed by atoms with van der Waals surface area (Å²) < 4.78 is 4.97. The molecule has 2 aromatic rings. The van der Waals surface area contributed by atoms with Gasteiger partial charge < -0.3 is 14.8 Å². The molecule has 0 aliphatic carbocycles. The Morgan fingerprint density at radius 2 is 2.00 bits per heavy atom. The molecule has 0 unspecified atom stereocenters. The van der Waals surface area contributed by atoms with E-state index in [4.69, 9.17) is 9.52 Å². The minimum absolute atomic E-state index is 0.0382. The normalized spacial score (nSPS) is 11.3. The molecule has 0 atom stereocenters. The van der Waals surface area contributed by atoms with E-state index < -0.39 is 17.4 Å². The van der Waals surface area contributed by atoms with Crippen LogP contribution < -0.4 is 5.32 Å². The summed E-state index contributed by atoms with van der Waals surface area (Å²) in [5.41, 5.74) is -0.661. The van der Waals surface area contributed by atoms with Gasteiger partial charge in [0.25, 0.3) is 5.91 Å². The molecule has 0 aromatic carbocycles. The summed E-state index contributed by atoms with van der Waals surface area (Å²) in [5, 5.41) is 12.3. The zero-order valence-corrected chi connectivity index (χ0v) is 12.1. The van der Waals surface area contributed by atoms with Crippen LogP contribution in [-0.2, 0) is 5.54 Å². The monoisotopic (exact) mass is 294 g/mol. The Labute approximate surface area is 119 Å². The molecule has 7 heteroatoms. The number of carboxylic acid groups (broad SMARTS) is 1. The van der Waals surface area contributed by atoms with Crippen LogP contribution >= 0.6 is 11.3 Å². The molecule has 0 saturated carbocycles. The van der Waals surface area contributed by atoms with E-state index in [9.17, 15) is 9.59 Å². The molecule has 2 heterocycles. The Hall–Kier alpha value is -2.15. The van der Waals surface area contributed by atoms with Gasteiger partial charge in [0.2, 0.25) is 5.76 Å². The van der Waals surface area contributed by atoms with Crippen LogP contribution in [0.4, 0.5) is 0 Å². The summed E-state index contributed by atoms with van der Waals surface area (Å²) in [6.45, 7) is 5.58. The van der Waals surface area contributed by atoms with Gasteiger partial charge in [-0.15, -0.1) is 11.3 Å². The number of carbonyl (C=O) groups excluding carboxylic acids is 1. The number of aromatic nitrogens is 1. The van der Waals surface area contributed by atoms with E-state index in [0.717, 1.165) is 9.88 Å². The van der Waals surface area contributed by atoms with Gasteiger partial charge in [0.05, 0.1) is 5.54 Å². The van der Waals surface area contributed by atoms with Gasteiger partial charge in [-0.2, -0.15) is 0 Å². The van der Waals surface area contributed by atoms with Crippen molar-refractivity contribution >= 4 is 23.2 Å². The summed E-state index contributed by atoms with van der Waals surface area (Å²) in [5.74, 6) is -1.99. The van der Waals surface area contributed by atoms with Crippen LogP contribution in [0.25, 0.3) is 0 Å². The molecule has 0 aliphatic rings. The van der Waals surface area contributed by atoms with Crippen molar-refractivity contribution in [3.05, 3.63) is 39.7 Å². The molecule has 0 saturated heterocycles. The summed E-state index contributed by atoms with van der Waals surface area (Å²) in [6, 6.07) is 2.58. The lowest BCUT2D eigenvalue weighted by Gasteiger charge is -2.23. The third-order valence-electron chi connectivity index (χ3n) is 2.62. The fourth-order valence-electron chi connectivity index (χ4n) is 1.62. The second kappa shape index (κ2) is 5.09. The molecule has 0 aliphatic heterocycles. The fraction of sp³-hybridized carbons (Fsp3) is 0.308. The SMILES string of the molecule is Cc1cnc(C(C)(C)NC(=O)c2ccc(C(=O)O)o2)s1. The molecule has 0 bridgehead atoms. The molecular weight excluding hydrogens is 280 g/mol. The highest BCUT2D eigenvalue weighted by molar-refractivity contribution is 7.11. The molecule has 2 aromatic heterocycles. The minimum atomic E-state index is -1.21. The number of rotatable bonds is 4. The van der Waals surface area contributed by atoms with Gasteiger partial charge in [-0.1, -0.05) is 0 Å². The van der Waals surface area contributed by atoms with Gasteiger partial charge in [0.15, 0.2) is 5.76 Å². The molecule has 106 valence electrons. The zero-order valence-electron chi connectivity index (χ0n) is 11.3. The van der Waals surface area contributed by atoms with Crippen molar-refractivity contribution in [1.82, 2.24) is 10.3 Å². The molecule has 0 fully saturated rings. The average Bonchev–Trinajstić information content (AvgIpc) is 2.96.